The lowest BCUT2D eigenvalue weighted by atomic mass is 9.81. The van der Waals surface area contributed by atoms with E-state index in [2.05, 4.69) is 58.7 Å². The fraction of sp³-hybridized carbons (Fsp3) is 1.00. The van der Waals surface area contributed by atoms with E-state index in [4.69, 9.17) is 0 Å². The van der Waals surface area contributed by atoms with E-state index in [0.717, 1.165) is 25.6 Å². The molecule has 0 aliphatic carbocycles. The summed E-state index contributed by atoms with van der Waals surface area (Å²) in [6.07, 6.45) is 3.77. The second-order valence-electron chi connectivity index (χ2n) is 5.74. The summed E-state index contributed by atoms with van der Waals surface area (Å²) in [6, 6.07) is 0.599. The molecule has 18 heavy (non-hydrogen) atoms. The van der Waals surface area contributed by atoms with Crippen LogP contribution in [0.4, 0.5) is 0 Å². The van der Waals surface area contributed by atoms with E-state index in [1.807, 2.05) is 0 Å². The third-order valence-corrected chi connectivity index (χ3v) is 4.74. The average molecular weight is 256 g/mol. The van der Waals surface area contributed by atoms with E-state index in [-0.39, 0.29) is 5.54 Å². The summed E-state index contributed by atoms with van der Waals surface area (Å²) in [5.74, 6) is 0.801. The van der Waals surface area contributed by atoms with Crippen LogP contribution in [0, 0.1) is 5.92 Å². The molecule has 0 spiro atoms. The molecule has 0 saturated carbocycles. The maximum atomic E-state index is 3.75. The van der Waals surface area contributed by atoms with Crippen molar-refractivity contribution in [2.24, 2.45) is 5.92 Å². The second kappa shape index (κ2) is 8.92. The van der Waals surface area contributed by atoms with Gasteiger partial charge in [0.25, 0.3) is 0 Å². The summed E-state index contributed by atoms with van der Waals surface area (Å²) >= 11 is 0. The first-order valence-corrected chi connectivity index (χ1v) is 7.98. The summed E-state index contributed by atoms with van der Waals surface area (Å²) < 4.78 is 0. The van der Waals surface area contributed by atoms with Gasteiger partial charge in [-0.05, 0) is 45.3 Å². The van der Waals surface area contributed by atoms with E-state index in [1.165, 1.54) is 19.3 Å². The van der Waals surface area contributed by atoms with Crippen LogP contribution in [-0.4, -0.2) is 36.1 Å². The fourth-order valence-corrected chi connectivity index (χ4v) is 3.01. The Hall–Kier alpha value is -0.0800. The minimum absolute atomic E-state index is 0.281. The molecule has 0 rings (SSSR count). The first-order chi connectivity index (χ1) is 8.49. The Balaban J connectivity index is 4.98. The van der Waals surface area contributed by atoms with E-state index in [0.29, 0.717) is 6.04 Å². The third-order valence-electron chi connectivity index (χ3n) is 4.74. The van der Waals surface area contributed by atoms with Crippen LogP contribution in [-0.2, 0) is 0 Å². The fourth-order valence-electron chi connectivity index (χ4n) is 3.01. The van der Waals surface area contributed by atoms with Gasteiger partial charge in [0.2, 0.25) is 0 Å². The number of hydrogen-bond donors (Lipinski definition) is 1. The van der Waals surface area contributed by atoms with Crippen LogP contribution in [0.5, 0.6) is 0 Å². The van der Waals surface area contributed by atoms with Gasteiger partial charge in [0, 0.05) is 11.6 Å². The van der Waals surface area contributed by atoms with Gasteiger partial charge in [-0.15, -0.1) is 0 Å². The molecular formula is C16H36N2. The standard InChI is InChI=1S/C16H36N2/c1-8-14(6)13-15(17-10-3)16(7,9-2)18(11-4)12-5/h14-15,17H,8-13H2,1-7H3. The molecular weight excluding hydrogens is 220 g/mol. The van der Waals surface area contributed by atoms with Gasteiger partial charge in [-0.2, -0.15) is 0 Å². The van der Waals surface area contributed by atoms with E-state index in [9.17, 15) is 0 Å². The van der Waals surface area contributed by atoms with Crippen molar-refractivity contribution in [2.75, 3.05) is 19.6 Å². The zero-order valence-electron chi connectivity index (χ0n) is 13.8. The van der Waals surface area contributed by atoms with Crippen molar-refractivity contribution in [1.82, 2.24) is 10.2 Å². The van der Waals surface area contributed by atoms with Gasteiger partial charge in [-0.1, -0.05) is 48.0 Å². The molecule has 1 N–H and O–H groups in total. The molecule has 0 aromatic rings. The van der Waals surface area contributed by atoms with Crippen molar-refractivity contribution in [1.29, 1.82) is 0 Å². The lowest BCUT2D eigenvalue weighted by Crippen LogP contribution is -2.59. The second-order valence-corrected chi connectivity index (χ2v) is 5.74. The van der Waals surface area contributed by atoms with Crippen LogP contribution in [0.1, 0.15) is 67.7 Å². The minimum atomic E-state index is 0.281. The molecule has 0 fully saturated rings. The molecule has 0 bridgehead atoms. The third kappa shape index (κ3) is 4.55. The smallest absolute Gasteiger partial charge is 0.0331 e. The highest BCUT2D eigenvalue weighted by Crippen LogP contribution is 2.28. The van der Waals surface area contributed by atoms with Crippen LogP contribution < -0.4 is 5.32 Å². The predicted octanol–water partition coefficient (Wildman–Crippen LogP) is 3.91. The van der Waals surface area contributed by atoms with Crippen LogP contribution in [0.2, 0.25) is 0 Å². The maximum absolute atomic E-state index is 3.75. The van der Waals surface area contributed by atoms with E-state index < -0.39 is 0 Å². The van der Waals surface area contributed by atoms with Gasteiger partial charge in [0.05, 0.1) is 0 Å². The number of hydrogen-bond acceptors (Lipinski definition) is 2. The molecule has 0 amide bonds. The van der Waals surface area contributed by atoms with Gasteiger partial charge in [0.1, 0.15) is 0 Å². The molecule has 110 valence electrons. The van der Waals surface area contributed by atoms with Crippen LogP contribution in [0.3, 0.4) is 0 Å². The Morgan fingerprint density at radius 1 is 1.06 bits per heavy atom. The SMILES string of the molecule is CCNC(CC(C)CC)C(C)(CC)N(CC)CC. The largest absolute Gasteiger partial charge is 0.312 e. The van der Waals surface area contributed by atoms with Gasteiger partial charge in [-0.25, -0.2) is 0 Å². The highest BCUT2D eigenvalue weighted by atomic mass is 15.2. The number of nitrogens with zero attached hydrogens (tertiary/aromatic N) is 1. The molecule has 3 atom stereocenters. The molecule has 0 heterocycles. The summed E-state index contributed by atoms with van der Waals surface area (Å²) in [7, 11) is 0. The Kier molecular flexibility index (Phi) is 8.89. The van der Waals surface area contributed by atoms with Crippen molar-refractivity contribution in [2.45, 2.75) is 79.3 Å². The Morgan fingerprint density at radius 3 is 1.94 bits per heavy atom. The first kappa shape index (κ1) is 17.9. The Bertz CT molecular complexity index is 201. The number of likely N-dealkylation sites (N-methyl/N-ethyl adjacent to an activating group) is 2. The molecule has 2 nitrogen and oxygen atoms in total. The molecule has 0 radical (unpaired) electrons. The summed E-state index contributed by atoms with van der Waals surface area (Å²) in [5, 5.41) is 3.75. The topological polar surface area (TPSA) is 15.3 Å². The Morgan fingerprint density at radius 2 is 1.61 bits per heavy atom. The lowest BCUT2D eigenvalue weighted by Gasteiger charge is -2.47. The molecule has 0 aromatic carbocycles. The normalized spacial score (nSPS) is 18.7. The van der Waals surface area contributed by atoms with E-state index in [1.54, 1.807) is 0 Å². The van der Waals surface area contributed by atoms with Crippen molar-refractivity contribution < 1.29 is 0 Å². The average Bonchev–Trinajstić information content (AvgIpc) is 2.38. The summed E-state index contributed by atoms with van der Waals surface area (Å²) in [5.41, 5.74) is 0.281. The van der Waals surface area contributed by atoms with Crippen LogP contribution in [0.25, 0.3) is 0 Å². The molecule has 0 aliphatic heterocycles. The van der Waals surface area contributed by atoms with E-state index >= 15 is 0 Å². The minimum Gasteiger partial charge on any atom is -0.312 e. The van der Waals surface area contributed by atoms with Crippen molar-refractivity contribution >= 4 is 0 Å². The monoisotopic (exact) mass is 256 g/mol. The summed E-state index contributed by atoms with van der Waals surface area (Å²) in [6.45, 7) is 19.6. The Labute approximate surface area is 116 Å². The highest BCUT2D eigenvalue weighted by Gasteiger charge is 2.36. The van der Waals surface area contributed by atoms with Gasteiger partial charge < -0.3 is 5.32 Å². The zero-order chi connectivity index (χ0) is 14.2. The molecule has 0 saturated heterocycles. The molecule has 0 aromatic heterocycles. The van der Waals surface area contributed by atoms with Crippen molar-refractivity contribution in [3.8, 4) is 0 Å². The van der Waals surface area contributed by atoms with Crippen molar-refractivity contribution in [3.63, 3.8) is 0 Å². The van der Waals surface area contributed by atoms with Gasteiger partial charge in [-0.3, -0.25) is 4.90 Å². The lowest BCUT2D eigenvalue weighted by molar-refractivity contribution is 0.0612. The number of nitrogens with one attached hydrogen (secondary N) is 1. The quantitative estimate of drug-likeness (QED) is 0.637. The van der Waals surface area contributed by atoms with Gasteiger partial charge in [0.15, 0.2) is 0 Å². The number of rotatable bonds is 10. The first-order valence-electron chi connectivity index (χ1n) is 7.98. The van der Waals surface area contributed by atoms with Crippen LogP contribution in [0.15, 0.2) is 0 Å². The van der Waals surface area contributed by atoms with Crippen LogP contribution >= 0.6 is 0 Å². The molecule has 3 unspecified atom stereocenters. The highest BCUT2D eigenvalue weighted by molar-refractivity contribution is 4.96. The van der Waals surface area contributed by atoms with Gasteiger partial charge >= 0.3 is 0 Å². The summed E-state index contributed by atoms with van der Waals surface area (Å²) in [4.78, 5) is 2.63. The predicted molar refractivity (Wildman–Crippen MR) is 83.2 cm³/mol. The molecule has 2 heteroatoms. The molecule has 0 aliphatic rings. The maximum Gasteiger partial charge on any atom is 0.0331 e. The van der Waals surface area contributed by atoms with Crippen molar-refractivity contribution in [3.05, 3.63) is 0 Å². The zero-order valence-corrected chi connectivity index (χ0v) is 13.8.